The lowest BCUT2D eigenvalue weighted by Crippen LogP contribution is -2.59. The molecule has 0 unspecified atom stereocenters. The number of nitrogens with one attached hydrogen (secondary N) is 3. The number of benzene rings is 3. The van der Waals surface area contributed by atoms with Gasteiger partial charge in [-0.25, -0.2) is 9.37 Å². The number of hydrogen-bond donors (Lipinski definition) is 5. The number of aryl methyl sites for hydroxylation is 2. The molecule has 1 aliphatic carbocycles. The second-order valence-corrected chi connectivity index (χ2v) is 26.3. The van der Waals surface area contributed by atoms with Gasteiger partial charge in [-0.3, -0.25) is 29.2 Å². The second-order valence-electron chi connectivity index (χ2n) is 25.5. The van der Waals surface area contributed by atoms with Crippen LogP contribution in [0.15, 0.2) is 66.3 Å². The van der Waals surface area contributed by atoms with Crippen molar-refractivity contribution in [1.82, 2.24) is 50.6 Å². The average Bonchev–Trinajstić information content (AvgIpc) is 4.35. The molecule has 3 amide bonds. The molecule has 5 N–H and O–H groups in total. The van der Waals surface area contributed by atoms with Crippen LogP contribution < -0.4 is 25.6 Å². The molecular formula is C63H78FN11O6S. The smallest absolute Gasteiger partial charge is 0.319 e. The first kappa shape index (κ1) is 56.1. The van der Waals surface area contributed by atoms with Crippen molar-refractivity contribution in [3.63, 3.8) is 0 Å². The number of aromatic hydroxyl groups is 1. The molecule has 1 saturated carbocycles. The summed E-state index contributed by atoms with van der Waals surface area (Å²) in [6, 6.07) is 16.5. The van der Waals surface area contributed by atoms with E-state index in [-0.39, 0.29) is 77.7 Å². The first-order chi connectivity index (χ1) is 39.4. The quantitative estimate of drug-likeness (QED) is 0.0661. The number of phenolic OH excluding ortho intramolecular Hbond substituents is 1. The van der Waals surface area contributed by atoms with Crippen LogP contribution in [-0.4, -0.2) is 157 Å². The molecule has 6 aromatic rings. The van der Waals surface area contributed by atoms with Gasteiger partial charge < -0.3 is 40.7 Å². The lowest BCUT2D eigenvalue weighted by atomic mass is 9.60. The van der Waals surface area contributed by atoms with Crippen LogP contribution in [-0.2, 0) is 20.8 Å². The number of phenols is 1. The molecule has 82 heavy (non-hydrogen) atoms. The number of halogens is 1. The number of aromatic nitrogens is 4. The predicted molar refractivity (Wildman–Crippen MR) is 316 cm³/mol. The number of anilines is 1. The molecule has 6 fully saturated rings. The molecule has 12 rings (SSSR count). The zero-order chi connectivity index (χ0) is 57.2. The van der Waals surface area contributed by atoms with E-state index in [9.17, 15) is 24.6 Å². The van der Waals surface area contributed by atoms with Crippen LogP contribution in [0.5, 0.6) is 11.8 Å². The fourth-order valence-electron chi connectivity index (χ4n) is 14.3. The van der Waals surface area contributed by atoms with Gasteiger partial charge in [0, 0.05) is 62.0 Å². The minimum Gasteiger partial charge on any atom is -0.508 e. The maximum Gasteiger partial charge on any atom is 0.319 e. The Morgan fingerprint density at radius 1 is 0.963 bits per heavy atom. The number of amides is 3. The highest BCUT2D eigenvalue weighted by Crippen LogP contribution is 2.52. The van der Waals surface area contributed by atoms with E-state index in [4.69, 9.17) is 19.7 Å². The van der Waals surface area contributed by atoms with Crippen LogP contribution in [0.2, 0.25) is 0 Å². The van der Waals surface area contributed by atoms with Gasteiger partial charge in [0.2, 0.25) is 17.7 Å². The molecule has 434 valence electrons. The van der Waals surface area contributed by atoms with Gasteiger partial charge in [-0.15, -0.1) is 11.3 Å². The van der Waals surface area contributed by atoms with Crippen molar-refractivity contribution in [2.24, 2.45) is 10.8 Å². The van der Waals surface area contributed by atoms with Crippen molar-refractivity contribution in [3.8, 4) is 33.5 Å². The molecule has 5 aliphatic heterocycles. The number of piperidine rings is 1. The van der Waals surface area contributed by atoms with Gasteiger partial charge in [-0.05, 0) is 142 Å². The Kier molecular flexibility index (Phi) is 15.5. The van der Waals surface area contributed by atoms with Crippen LogP contribution in [0.1, 0.15) is 115 Å². The van der Waals surface area contributed by atoms with Crippen molar-refractivity contribution in [1.29, 1.82) is 0 Å². The summed E-state index contributed by atoms with van der Waals surface area (Å²) in [5.74, 6) is -0.847. The largest absolute Gasteiger partial charge is 0.508 e. The number of fused-ring (bicyclic) bond motifs is 4. The fraction of sp³-hybridized carbons (Fsp3) is 0.540. The second kappa shape index (κ2) is 22.7. The molecule has 5 saturated heterocycles. The monoisotopic (exact) mass is 1140 g/mol. The number of ether oxygens (including phenoxy) is 1. The van der Waals surface area contributed by atoms with E-state index in [1.807, 2.05) is 82.6 Å². The first-order valence-electron chi connectivity index (χ1n) is 29.7. The number of hydrogen-bond acceptors (Lipinski definition) is 15. The third kappa shape index (κ3) is 11.1. The molecular weight excluding hydrogens is 1060 g/mol. The van der Waals surface area contributed by atoms with Gasteiger partial charge in [0.05, 0.1) is 40.2 Å². The summed E-state index contributed by atoms with van der Waals surface area (Å²) in [4.78, 5) is 70.8. The molecule has 19 heteroatoms. The van der Waals surface area contributed by atoms with Gasteiger partial charge in [-0.1, -0.05) is 70.2 Å². The Morgan fingerprint density at radius 3 is 2.43 bits per heavy atom. The van der Waals surface area contributed by atoms with Crippen molar-refractivity contribution >= 4 is 56.6 Å². The maximum absolute atomic E-state index is 17.3. The highest BCUT2D eigenvalue weighted by atomic mass is 32.1. The zero-order valence-corrected chi connectivity index (χ0v) is 48.9. The number of pyridine rings is 1. The summed E-state index contributed by atoms with van der Waals surface area (Å²) in [6.07, 6.45) is 9.97. The first-order valence-corrected chi connectivity index (χ1v) is 30.6. The van der Waals surface area contributed by atoms with E-state index in [0.29, 0.717) is 41.5 Å². The van der Waals surface area contributed by atoms with Crippen LogP contribution in [0.25, 0.3) is 43.4 Å². The number of aliphatic hydroxyl groups excluding tert-OH is 1. The van der Waals surface area contributed by atoms with Crippen molar-refractivity contribution < 1.29 is 33.7 Å². The normalized spacial score (nSPS) is 23.8. The van der Waals surface area contributed by atoms with E-state index in [0.717, 1.165) is 129 Å². The minimum absolute atomic E-state index is 0.00981. The summed E-state index contributed by atoms with van der Waals surface area (Å²) < 4.78 is 23.9. The van der Waals surface area contributed by atoms with Crippen molar-refractivity contribution in [2.75, 3.05) is 57.3 Å². The van der Waals surface area contributed by atoms with Gasteiger partial charge >= 0.3 is 6.01 Å². The van der Waals surface area contributed by atoms with Crippen molar-refractivity contribution in [3.05, 3.63) is 88.9 Å². The lowest BCUT2D eigenvalue weighted by Gasteiger charge is -2.55. The number of β-amino-alcohol motifs (C(OH)–C–C–N with tert-alkyl or cyclic N) is 1. The summed E-state index contributed by atoms with van der Waals surface area (Å²) in [6.45, 7) is 16.3. The topological polar surface area (TPSA) is 202 Å². The molecule has 6 aliphatic rings. The standard InChI is InChI=1S/C63H78FN11O6S/c1-7-38-10-8-11-41-24-46(76)25-48(52(38)41)54-53(64)55-49(29-65-54)58(73-30-42-17-18-43(31-73)68-42)71-61(70-55)81-34-44-12-9-21-74(44)45-27-63(28-45)19-22-72(23-20-63)33-51(78)69-57(62(4,5)6)60(80)75-32-47(77)26-50(75)59(79)67-36(2)39-13-15-40(16-14-39)56-37(3)66-35-82-56/h8,10-11,13-16,24-25,29,35-36,42-45,47,50,57,68,76-77H,7,9,12,17-23,26-28,30-34H2,1-6H3,(H,67,79)(H,69,78)/t36-,42-,43+,44-,47+,50-,57+/m0/s1. The summed E-state index contributed by atoms with van der Waals surface area (Å²) >= 11 is 1.58. The molecule has 1 spiro atoms. The Labute approximate surface area is 483 Å². The van der Waals surface area contributed by atoms with E-state index >= 15 is 4.39 Å². The SMILES string of the molecule is CCc1cccc2cc(O)cc(-c3ncc4c(N5C[C@H]6CC[C@@H](C5)N6)nc(OC[C@@H]5CCCN5C5CC6(CCN(CC(=O)N[C@H](C(=O)N7C[C@H](O)C[C@H]7C(=O)N[C@@H](C)c7ccc(-c8scnc8C)cc7)C(C)(C)C)CC6)C5)nc4c3F)c12. The predicted octanol–water partition coefficient (Wildman–Crippen LogP) is 8.08. The highest BCUT2D eigenvalue weighted by molar-refractivity contribution is 7.13. The molecule has 3 aromatic heterocycles. The summed E-state index contributed by atoms with van der Waals surface area (Å²) in [7, 11) is 0. The Morgan fingerprint density at radius 2 is 1.72 bits per heavy atom. The fourth-order valence-corrected chi connectivity index (χ4v) is 15.1. The molecule has 3 aromatic carbocycles. The molecule has 7 atom stereocenters. The number of piperazine rings is 1. The number of thiazole rings is 1. The number of carbonyl (C=O) groups is 3. The van der Waals surface area contributed by atoms with Gasteiger partial charge in [0.25, 0.3) is 0 Å². The molecule has 2 bridgehead atoms. The van der Waals surface area contributed by atoms with Crippen LogP contribution in [0.3, 0.4) is 0 Å². The highest BCUT2D eigenvalue weighted by Gasteiger charge is 2.50. The summed E-state index contributed by atoms with van der Waals surface area (Å²) in [5.41, 5.74) is 6.15. The number of carbonyl (C=O) groups excluding carboxylic acids is 3. The van der Waals surface area contributed by atoms with E-state index in [2.05, 4.69) is 42.6 Å². The Hall–Kier alpha value is -6.38. The molecule has 0 radical (unpaired) electrons. The third-order valence-corrected chi connectivity index (χ3v) is 19.8. The van der Waals surface area contributed by atoms with E-state index < -0.39 is 29.4 Å². The van der Waals surface area contributed by atoms with Crippen molar-refractivity contribution in [2.45, 2.75) is 154 Å². The average molecular weight is 1140 g/mol. The maximum atomic E-state index is 17.3. The lowest BCUT2D eigenvalue weighted by molar-refractivity contribution is -0.144. The van der Waals surface area contributed by atoms with Gasteiger partial charge in [-0.2, -0.15) is 9.97 Å². The van der Waals surface area contributed by atoms with E-state index in [1.165, 1.54) is 4.90 Å². The molecule has 8 heterocycles. The van der Waals surface area contributed by atoms with Crippen LogP contribution in [0, 0.1) is 23.6 Å². The Bertz CT molecular complexity index is 3360. The number of rotatable bonds is 15. The molecule has 17 nitrogen and oxygen atoms in total. The minimum atomic E-state index is -0.906. The van der Waals surface area contributed by atoms with E-state index in [1.54, 1.807) is 29.7 Å². The Balaban J connectivity index is 0.663. The number of aliphatic hydroxyl groups is 1. The van der Waals surface area contributed by atoms with Crippen LogP contribution >= 0.6 is 11.3 Å². The summed E-state index contributed by atoms with van der Waals surface area (Å²) in [5, 5.41) is 33.7. The number of likely N-dealkylation sites (tertiary alicyclic amines) is 3. The van der Waals surface area contributed by atoms with Gasteiger partial charge in [0.1, 0.15) is 41.5 Å². The van der Waals surface area contributed by atoms with Crippen LogP contribution in [0.4, 0.5) is 10.2 Å². The number of nitrogens with zero attached hydrogens (tertiary/aromatic N) is 8. The third-order valence-electron chi connectivity index (χ3n) is 18.8. The van der Waals surface area contributed by atoms with Gasteiger partial charge in [0.15, 0.2) is 5.82 Å². The zero-order valence-electron chi connectivity index (χ0n) is 48.1.